The highest BCUT2D eigenvalue weighted by Gasteiger charge is 2.31. The van der Waals surface area contributed by atoms with Crippen LogP contribution >= 0.6 is 11.8 Å². The standard InChI is InChI=1S/C43H41N9O6S/c1-4-8-37-45-34(39(42(54)56-5-2)52(37)23-27-11-15-28(16-12-27)31-9-6-7-10-32(31)40-47-49-50-48-40)24-57-30-19-20-33-35(22-30)51(3)38(44-33)25-58-29-17-13-26(14-18-29)21-36-41(53)46-43(55)59-36/h6-7,9-20,22,36H,4-5,8,21,23-25H2,1-3H3,(H,46,53,55)(H,47,48,49,50). The molecule has 2 amide bonds. The number of benzene rings is 4. The molecular weight excluding hydrogens is 771 g/mol. The van der Waals surface area contributed by atoms with Crippen LogP contribution in [0.5, 0.6) is 11.5 Å². The Morgan fingerprint density at radius 2 is 1.59 bits per heavy atom. The van der Waals surface area contributed by atoms with Crippen LogP contribution in [0.3, 0.4) is 0 Å². The van der Waals surface area contributed by atoms with Crippen LogP contribution in [0, 0.1) is 0 Å². The molecule has 3 aromatic heterocycles. The summed E-state index contributed by atoms with van der Waals surface area (Å²) in [4.78, 5) is 46.8. The Kier molecular flexibility index (Phi) is 11.5. The van der Waals surface area contributed by atoms with E-state index >= 15 is 0 Å². The first-order valence-electron chi connectivity index (χ1n) is 19.3. The minimum Gasteiger partial charge on any atom is -0.487 e. The Labute approximate surface area is 343 Å². The second-order valence-electron chi connectivity index (χ2n) is 13.9. The van der Waals surface area contributed by atoms with E-state index in [0.717, 1.165) is 68.7 Å². The first kappa shape index (κ1) is 39.0. The Balaban J connectivity index is 0.971. The van der Waals surface area contributed by atoms with Crippen LogP contribution in [0.25, 0.3) is 33.5 Å². The number of imidazole rings is 2. The van der Waals surface area contributed by atoms with E-state index in [0.29, 0.717) is 48.1 Å². The smallest absolute Gasteiger partial charge is 0.357 e. The molecular formula is C43H41N9O6S. The maximum atomic E-state index is 13.6. The number of esters is 1. The molecule has 1 aliphatic rings. The molecule has 0 radical (unpaired) electrons. The minimum absolute atomic E-state index is 0.0550. The van der Waals surface area contributed by atoms with Gasteiger partial charge in [0.25, 0.3) is 5.24 Å². The van der Waals surface area contributed by atoms with Crippen LogP contribution in [-0.4, -0.2) is 68.7 Å². The lowest BCUT2D eigenvalue weighted by atomic mass is 9.98. The van der Waals surface area contributed by atoms with Gasteiger partial charge in [0.15, 0.2) is 5.69 Å². The van der Waals surface area contributed by atoms with Crippen molar-refractivity contribution < 1.29 is 28.6 Å². The van der Waals surface area contributed by atoms with Crippen molar-refractivity contribution in [2.45, 2.75) is 58.1 Å². The molecule has 0 bridgehead atoms. The lowest BCUT2D eigenvalue weighted by Crippen LogP contribution is -2.25. The van der Waals surface area contributed by atoms with Gasteiger partial charge in [0.05, 0.1) is 22.9 Å². The first-order valence-corrected chi connectivity index (χ1v) is 20.1. The second kappa shape index (κ2) is 17.4. The number of nitrogens with one attached hydrogen (secondary N) is 2. The van der Waals surface area contributed by atoms with Gasteiger partial charge in [0.1, 0.15) is 42.1 Å². The lowest BCUT2D eigenvalue weighted by molar-refractivity contribution is -0.118. The molecule has 16 heteroatoms. The Morgan fingerprint density at radius 1 is 0.847 bits per heavy atom. The van der Waals surface area contributed by atoms with Crippen LogP contribution in [0.1, 0.15) is 59.2 Å². The normalized spacial score (nSPS) is 13.8. The zero-order chi connectivity index (χ0) is 40.9. The Hall–Kier alpha value is -6.81. The summed E-state index contributed by atoms with van der Waals surface area (Å²) in [6, 6.07) is 29.2. The number of fused-ring (bicyclic) bond motifs is 1. The van der Waals surface area contributed by atoms with Crippen molar-refractivity contribution in [2.24, 2.45) is 7.05 Å². The number of carbonyl (C=O) groups excluding carboxylic acids is 3. The fraction of sp³-hybridized carbons (Fsp3) is 0.256. The first-order chi connectivity index (χ1) is 28.8. The van der Waals surface area contributed by atoms with Crippen molar-refractivity contribution in [1.29, 1.82) is 0 Å². The van der Waals surface area contributed by atoms with Gasteiger partial charge in [-0.05, 0) is 71.5 Å². The number of aryl methyl sites for hydroxylation is 2. The van der Waals surface area contributed by atoms with Crippen LogP contribution in [0.2, 0.25) is 0 Å². The van der Waals surface area contributed by atoms with Crippen molar-refractivity contribution in [2.75, 3.05) is 6.61 Å². The molecule has 0 saturated carbocycles. The van der Waals surface area contributed by atoms with Gasteiger partial charge in [-0.15, -0.1) is 10.2 Å². The molecule has 8 rings (SSSR count). The van der Waals surface area contributed by atoms with Crippen molar-refractivity contribution in [3.8, 4) is 34.0 Å². The van der Waals surface area contributed by atoms with Gasteiger partial charge in [0, 0.05) is 31.6 Å². The van der Waals surface area contributed by atoms with Gasteiger partial charge in [-0.3, -0.25) is 14.9 Å². The molecule has 1 atom stereocenters. The van der Waals surface area contributed by atoms with Gasteiger partial charge in [-0.25, -0.2) is 14.8 Å². The average Bonchev–Trinajstić information content (AvgIpc) is 4.04. The number of tetrazole rings is 1. The van der Waals surface area contributed by atoms with E-state index in [1.54, 1.807) is 6.92 Å². The second-order valence-corrected chi connectivity index (χ2v) is 15.1. The number of amides is 2. The molecule has 0 spiro atoms. The van der Waals surface area contributed by atoms with E-state index in [9.17, 15) is 14.4 Å². The molecule has 2 N–H and O–H groups in total. The molecule has 15 nitrogen and oxygen atoms in total. The molecule has 59 heavy (non-hydrogen) atoms. The molecule has 1 fully saturated rings. The molecule has 1 unspecified atom stereocenters. The quantitative estimate of drug-likeness (QED) is 0.0971. The number of imide groups is 1. The monoisotopic (exact) mass is 811 g/mol. The van der Waals surface area contributed by atoms with Crippen molar-refractivity contribution >= 4 is 39.9 Å². The Morgan fingerprint density at radius 3 is 2.31 bits per heavy atom. The molecule has 7 aromatic rings. The van der Waals surface area contributed by atoms with E-state index in [1.165, 1.54) is 0 Å². The lowest BCUT2D eigenvalue weighted by Gasteiger charge is -2.13. The summed E-state index contributed by atoms with van der Waals surface area (Å²) in [5.74, 6) is 2.55. The third kappa shape index (κ3) is 8.57. The van der Waals surface area contributed by atoms with Crippen LogP contribution in [0.15, 0.2) is 91.0 Å². The number of hydrogen-bond donors (Lipinski definition) is 2. The van der Waals surface area contributed by atoms with Crippen molar-refractivity contribution in [1.82, 2.24) is 45.0 Å². The highest BCUT2D eigenvalue weighted by atomic mass is 32.2. The summed E-state index contributed by atoms with van der Waals surface area (Å²) >= 11 is 1.01. The van der Waals surface area contributed by atoms with Crippen molar-refractivity contribution in [3.63, 3.8) is 0 Å². The number of nitrogens with zero attached hydrogens (tertiary/aromatic N) is 7. The van der Waals surface area contributed by atoms with Gasteiger partial charge in [0.2, 0.25) is 11.7 Å². The maximum Gasteiger partial charge on any atom is 0.357 e. The number of H-pyrrole nitrogens is 1. The number of hydrogen-bond acceptors (Lipinski definition) is 12. The molecule has 1 saturated heterocycles. The number of carbonyl (C=O) groups is 3. The molecule has 1 aliphatic heterocycles. The summed E-state index contributed by atoms with van der Waals surface area (Å²) < 4.78 is 21.8. The molecule has 4 heterocycles. The maximum absolute atomic E-state index is 13.6. The number of ether oxygens (including phenoxy) is 3. The molecule has 0 aliphatic carbocycles. The fourth-order valence-electron chi connectivity index (χ4n) is 7.05. The van der Waals surface area contributed by atoms with E-state index in [4.69, 9.17) is 24.2 Å². The summed E-state index contributed by atoms with van der Waals surface area (Å²) in [6.45, 7) is 4.79. The predicted molar refractivity (Wildman–Crippen MR) is 221 cm³/mol. The number of rotatable bonds is 16. The number of thioether (sulfide) groups is 1. The number of aromatic amines is 1. The van der Waals surface area contributed by atoms with E-state index < -0.39 is 11.2 Å². The van der Waals surface area contributed by atoms with Crippen LogP contribution in [-0.2, 0) is 49.2 Å². The molecule has 300 valence electrons. The zero-order valence-corrected chi connectivity index (χ0v) is 33.5. The summed E-state index contributed by atoms with van der Waals surface area (Å²) in [7, 11) is 1.92. The van der Waals surface area contributed by atoms with Gasteiger partial charge < -0.3 is 23.3 Å². The predicted octanol–water partition coefficient (Wildman–Crippen LogP) is 6.85. The summed E-state index contributed by atoms with van der Waals surface area (Å²) in [5.41, 5.74) is 7.27. The van der Waals surface area contributed by atoms with Gasteiger partial charge >= 0.3 is 5.97 Å². The van der Waals surface area contributed by atoms with Gasteiger partial charge in [-0.1, -0.05) is 79.3 Å². The highest BCUT2D eigenvalue weighted by Crippen LogP contribution is 2.31. The van der Waals surface area contributed by atoms with Gasteiger partial charge in [-0.2, -0.15) is 5.21 Å². The minimum atomic E-state index is -0.454. The average molecular weight is 812 g/mol. The van der Waals surface area contributed by atoms with Crippen LogP contribution < -0.4 is 14.8 Å². The zero-order valence-electron chi connectivity index (χ0n) is 32.7. The third-order valence-electron chi connectivity index (χ3n) is 9.98. The Bertz CT molecular complexity index is 2620. The summed E-state index contributed by atoms with van der Waals surface area (Å²) in [5, 5.41) is 16.2. The largest absolute Gasteiger partial charge is 0.487 e. The summed E-state index contributed by atoms with van der Waals surface area (Å²) in [6.07, 6.45) is 1.96. The topological polar surface area (TPSA) is 181 Å². The van der Waals surface area contributed by atoms with Crippen LogP contribution in [0.4, 0.5) is 4.79 Å². The molecule has 4 aromatic carbocycles. The van der Waals surface area contributed by atoms with E-state index in [1.807, 2.05) is 107 Å². The van der Waals surface area contributed by atoms with E-state index in [-0.39, 0.29) is 31.0 Å². The van der Waals surface area contributed by atoms with E-state index in [2.05, 4.69) is 32.9 Å². The SMILES string of the molecule is CCCc1nc(COc2ccc3nc(COc4ccc(CC5SC(=O)NC5=O)cc4)n(C)c3c2)c(C(=O)OCC)n1Cc1ccc(-c2ccccc2-c2nn[nH]n2)cc1. The highest BCUT2D eigenvalue weighted by molar-refractivity contribution is 8.15. The third-order valence-corrected chi connectivity index (χ3v) is 11.0. The fourth-order valence-corrected chi connectivity index (χ4v) is 7.91. The van der Waals surface area contributed by atoms with Crippen molar-refractivity contribution in [3.05, 3.63) is 125 Å². The number of aromatic nitrogens is 8.